The summed E-state index contributed by atoms with van der Waals surface area (Å²) in [5.74, 6) is 0.102. The number of carbonyl (C=O) groups excluding carboxylic acids is 1. The van der Waals surface area contributed by atoms with E-state index < -0.39 is 12.7 Å². The maximum absolute atomic E-state index is 12.3. The van der Waals surface area contributed by atoms with Gasteiger partial charge in [-0.05, 0) is 51.9 Å². The summed E-state index contributed by atoms with van der Waals surface area (Å²) in [4.78, 5) is 15.5. The molecule has 22 heavy (non-hydrogen) atoms. The predicted molar refractivity (Wildman–Crippen MR) is 77.7 cm³/mol. The van der Waals surface area contributed by atoms with Gasteiger partial charge in [-0.3, -0.25) is 4.90 Å². The second-order valence-corrected chi connectivity index (χ2v) is 6.44. The van der Waals surface area contributed by atoms with Crippen LogP contribution in [0.2, 0.25) is 0 Å². The number of alkyl halides is 3. The molecule has 0 saturated carbocycles. The molecule has 0 aromatic carbocycles. The Morgan fingerprint density at radius 2 is 1.86 bits per heavy atom. The Bertz CT molecular complexity index is 370. The average molecular weight is 322 g/mol. The van der Waals surface area contributed by atoms with Crippen molar-refractivity contribution < 1.29 is 18.0 Å². The number of amides is 2. The van der Waals surface area contributed by atoms with Crippen LogP contribution in [0, 0.1) is 5.92 Å². The molecule has 2 aliphatic heterocycles. The Hall–Kier alpha value is -1.02. The van der Waals surface area contributed by atoms with E-state index in [-0.39, 0.29) is 18.0 Å². The number of hydrogen-bond acceptors (Lipinski definition) is 3. The molecule has 2 aliphatic rings. The van der Waals surface area contributed by atoms with Crippen LogP contribution < -0.4 is 10.6 Å². The van der Waals surface area contributed by atoms with Crippen molar-refractivity contribution in [3.05, 3.63) is 0 Å². The van der Waals surface area contributed by atoms with E-state index in [1.807, 2.05) is 0 Å². The van der Waals surface area contributed by atoms with Gasteiger partial charge >= 0.3 is 12.2 Å². The molecule has 128 valence electrons. The lowest BCUT2D eigenvalue weighted by Crippen LogP contribution is -2.48. The summed E-state index contributed by atoms with van der Waals surface area (Å²) in [6, 6.07) is -0.00895. The fourth-order valence-electron chi connectivity index (χ4n) is 3.10. The third-order valence-electron chi connectivity index (χ3n) is 4.38. The van der Waals surface area contributed by atoms with E-state index >= 15 is 0 Å². The Kier molecular flexibility index (Phi) is 5.91. The van der Waals surface area contributed by atoms with Gasteiger partial charge in [-0.2, -0.15) is 13.2 Å². The summed E-state index contributed by atoms with van der Waals surface area (Å²) in [5, 5.41) is 5.74. The van der Waals surface area contributed by atoms with Crippen molar-refractivity contribution in [1.29, 1.82) is 0 Å². The van der Waals surface area contributed by atoms with Crippen molar-refractivity contribution in [2.45, 2.75) is 31.5 Å². The van der Waals surface area contributed by atoms with E-state index in [1.54, 1.807) is 0 Å². The third kappa shape index (κ3) is 6.00. The number of nitrogens with zero attached hydrogens (tertiary/aromatic N) is 2. The molecule has 0 aromatic heterocycles. The maximum Gasteiger partial charge on any atom is 0.401 e. The van der Waals surface area contributed by atoms with E-state index in [2.05, 4.69) is 22.6 Å². The third-order valence-corrected chi connectivity index (χ3v) is 4.38. The standard InChI is InChI=1S/C14H25F3N4O/c1-20-5-3-12(4-6-20)19-13(22)18-8-11-2-7-21(9-11)10-14(15,16)17/h11-12H,2-10H2,1H3,(H2,18,19,22). The van der Waals surface area contributed by atoms with Crippen molar-refractivity contribution in [3.8, 4) is 0 Å². The van der Waals surface area contributed by atoms with E-state index in [0.717, 1.165) is 25.9 Å². The monoisotopic (exact) mass is 322 g/mol. The number of rotatable bonds is 4. The van der Waals surface area contributed by atoms with Crippen LogP contribution in [0.5, 0.6) is 0 Å². The van der Waals surface area contributed by atoms with Gasteiger partial charge in [0, 0.05) is 19.1 Å². The van der Waals surface area contributed by atoms with Crippen LogP contribution in [0.3, 0.4) is 0 Å². The molecule has 0 aliphatic carbocycles. The topological polar surface area (TPSA) is 47.6 Å². The molecular formula is C14H25F3N4O. The lowest BCUT2D eigenvalue weighted by atomic mass is 10.1. The van der Waals surface area contributed by atoms with Gasteiger partial charge in [0.2, 0.25) is 0 Å². The summed E-state index contributed by atoms with van der Waals surface area (Å²) < 4.78 is 36.9. The highest BCUT2D eigenvalue weighted by Crippen LogP contribution is 2.22. The highest BCUT2D eigenvalue weighted by molar-refractivity contribution is 5.74. The largest absolute Gasteiger partial charge is 0.401 e. The van der Waals surface area contributed by atoms with Crippen LogP contribution in [-0.4, -0.2) is 74.4 Å². The highest BCUT2D eigenvalue weighted by atomic mass is 19.4. The summed E-state index contributed by atoms with van der Waals surface area (Å²) in [5.41, 5.74) is 0. The smallest absolute Gasteiger partial charge is 0.338 e. The van der Waals surface area contributed by atoms with Gasteiger partial charge in [0.1, 0.15) is 0 Å². The molecule has 8 heteroatoms. The van der Waals surface area contributed by atoms with E-state index in [0.29, 0.717) is 26.1 Å². The fourth-order valence-corrected chi connectivity index (χ4v) is 3.10. The van der Waals surface area contributed by atoms with E-state index in [9.17, 15) is 18.0 Å². The van der Waals surface area contributed by atoms with Crippen LogP contribution in [0.4, 0.5) is 18.0 Å². The van der Waals surface area contributed by atoms with Crippen molar-refractivity contribution in [2.75, 3.05) is 46.3 Å². The minimum Gasteiger partial charge on any atom is -0.338 e. The summed E-state index contributed by atoms with van der Waals surface area (Å²) >= 11 is 0. The minimum atomic E-state index is -4.15. The van der Waals surface area contributed by atoms with E-state index in [1.165, 1.54) is 4.90 Å². The normalized spacial score (nSPS) is 25.4. The number of hydrogen-bond donors (Lipinski definition) is 2. The first kappa shape index (κ1) is 17.3. The van der Waals surface area contributed by atoms with Gasteiger partial charge < -0.3 is 15.5 Å². The zero-order valence-corrected chi connectivity index (χ0v) is 13.0. The number of nitrogens with one attached hydrogen (secondary N) is 2. The van der Waals surface area contributed by atoms with Crippen molar-refractivity contribution >= 4 is 6.03 Å². The van der Waals surface area contributed by atoms with Crippen molar-refractivity contribution in [3.63, 3.8) is 0 Å². The molecule has 2 N–H and O–H groups in total. The van der Waals surface area contributed by atoms with Crippen LogP contribution in [-0.2, 0) is 0 Å². The fraction of sp³-hybridized carbons (Fsp3) is 0.929. The lowest BCUT2D eigenvalue weighted by Gasteiger charge is -2.29. The molecule has 0 aromatic rings. The molecule has 2 heterocycles. The first-order valence-electron chi connectivity index (χ1n) is 7.84. The summed E-state index contributed by atoms with van der Waals surface area (Å²) in [7, 11) is 2.06. The van der Waals surface area contributed by atoms with Crippen molar-refractivity contribution in [1.82, 2.24) is 20.4 Å². The molecule has 0 radical (unpaired) electrons. The van der Waals surface area contributed by atoms with E-state index in [4.69, 9.17) is 0 Å². The highest BCUT2D eigenvalue weighted by Gasteiger charge is 2.34. The Morgan fingerprint density at radius 3 is 2.50 bits per heavy atom. The zero-order valence-electron chi connectivity index (χ0n) is 13.0. The Balaban J connectivity index is 1.61. The molecule has 5 nitrogen and oxygen atoms in total. The quantitative estimate of drug-likeness (QED) is 0.819. The van der Waals surface area contributed by atoms with Gasteiger partial charge in [-0.25, -0.2) is 4.79 Å². The first-order chi connectivity index (χ1) is 10.3. The summed E-state index contributed by atoms with van der Waals surface area (Å²) in [6.45, 7) is 2.37. The second kappa shape index (κ2) is 7.50. The lowest BCUT2D eigenvalue weighted by molar-refractivity contribution is -0.143. The van der Waals surface area contributed by atoms with Crippen LogP contribution >= 0.6 is 0 Å². The van der Waals surface area contributed by atoms with Crippen molar-refractivity contribution in [2.24, 2.45) is 5.92 Å². The van der Waals surface area contributed by atoms with Gasteiger partial charge in [0.15, 0.2) is 0 Å². The van der Waals surface area contributed by atoms with Gasteiger partial charge in [0.25, 0.3) is 0 Å². The average Bonchev–Trinajstić information content (AvgIpc) is 2.84. The summed E-state index contributed by atoms with van der Waals surface area (Å²) in [6.07, 6.45) is -1.57. The molecular weight excluding hydrogens is 297 g/mol. The Morgan fingerprint density at radius 1 is 1.18 bits per heavy atom. The van der Waals surface area contributed by atoms with Crippen LogP contribution in [0.25, 0.3) is 0 Å². The molecule has 0 spiro atoms. The zero-order chi connectivity index (χ0) is 16.2. The minimum absolute atomic E-state index is 0.102. The second-order valence-electron chi connectivity index (χ2n) is 6.44. The SMILES string of the molecule is CN1CCC(NC(=O)NCC2CCN(CC(F)(F)F)C2)CC1. The molecule has 2 amide bonds. The Labute approximate surface area is 129 Å². The number of carbonyl (C=O) groups is 1. The number of urea groups is 1. The molecule has 1 atom stereocenters. The molecule has 0 bridgehead atoms. The van der Waals surface area contributed by atoms with Gasteiger partial charge in [-0.15, -0.1) is 0 Å². The van der Waals surface area contributed by atoms with Gasteiger partial charge in [0.05, 0.1) is 6.54 Å². The predicted octanol–water partition coefficient (Wildman–Crippen LogP) is 1.26. The molecule has 1 unspecified atom stereocenters. The first-order valence-corrected chi connectivity index (χ1v) is 7.84. The van der Waals surface area contributed by atoms with Gasteiger partial charge in [-0.1, -0.05) is 0 Å². The molecule has 2 rings (SSSR count). The number of likely N-dealkylation sites (tertiary alicyclic amines) is 2. The molecule has 2 fully saturated rings. The van der Waals surface area contributed by atoms with Crippen LogP contribution in [0.1, 0.15) is 19.3 Å². The number of piperidine rings is 1. The number of halogens is 3. The maximum atomic E-state index is 12.3. The van der Waals surface area contributed by atoms with Crippen LogP contribution in [0.15, 0.2) is 0 Å². The molecule has 2 saturated heterocycles.